The van der Waals surface area contributed by atoms with Gasteiger partial charge in [0.05, 0.1) is 4.90 Å². The molecule has 3 aromatic rings. The average molecular weight is 552 g/mol. The molecule has 2 aromatic carbocycles. The van der Waals surface area contributed by atoms with E-state index < -0.39 is 20.3 Å². The Morgan fingerprint density at radius 1 is 0.865 bits per heavy atom. The molecule has 0 bridgehead atoms. The quantitative estimate of drug-likeness (QED) is 0.367. The number of hydrogen-bond donors (Lipinski definition) is 2. The van der Waals surface area contributed by atoms with Crippen LogP contribution in [0.2, 0.25) is 0 Å². The monoisotopic (exact) mass is 551 g/mol. The number of carbonyl (C=O) groups excluding carboxylic acids is 1. The molecule has 1 amide bonds. The molecule has 0 saturated carbocycles. The Balaban J connectivity index is 0.000000877. The fraction of sp³-hybridized carbons (Fsp3) is 0.280. The number of amides is 1. The van der Waals surface area contributed by atoms with Gasteiger partial charge in [0.2, 0.25) is 16.6 Å². The van der Waals surface area contributed by atoms with Gasteiger partial charge in [-0.2, -0.15) is 4.57 Å². The molecule has 0 aliphatic heterocycles. The number of rotatable bonds is 7. The Labute approximate surface area is 218 Å². The zero-order chi connectivity index (χ0) is 28.0. The van der Waals surface area contributed by atoms with Crippen molar-refractivity contribution in [3.63, 3.8) is 0 Å². The van der Waals surface area contributed by atoms with Crippen LogP contribution in [0.25, 0.3) is 11.1 Å². The van der Waals surface area contributed by atoms with Gasteiger partial charge in [-0.05, 0) is 35.4 Å². The van der Waals surface area contributed by atoms with Crippen molar-refractivity contribution in [3.05, 3.63) is 78.1 Å². The molecule has 0 radical (unpaired) electrons. The molecular formula is C25H30ClN3O7S. The first kappa shape index (κ1) is 30.3. The first-order valence-corrected chi connectivity index (χ1v) is 14.0. The van der Waals surface area contributed by atoms with Crippen LogP contribution in [-0.2, 0) is 21.4 Å². The Bertz CT molecular complexity index is 1270. The lowest BCUT2D eigenvalue weighted by Gasteiger charge is -2.17. The van der Waals surface area contributed by atoms with Crippen LogP contribution in [0.5, 0.6) is 0 Å². The topological polar surface area (TPSA) is 185 Å². The minimum atomic E-state index is -4.94. The van der Waals surface area contributed by atoms with Crippen molar-refractivity contribution in [2.75, 3.05) is 5.32 Å². The van der Waals surface area contributed by atoms with Gasteiger partial charge in [0.1, 0.15) is 0 Å². The molecular weight excluding hydrogens is 522 g/mol. The van der Waals surface area contributed by atoms with Gasteiger partial charge in [-0.1, -0.05) is 58.0 Å². The molecule has 37 heavy (non-hydrogen) atoms. The summed E-state index contributed by atoms with van der Waals surface area (Å²) in [4.78, 5) is 12.9. The summed E-state index contributed by atoms with van der Waals surface area (Å²) in [6, 6.07) is 20.4. The van der Waals surface area contributed by atoms with E-state index in [2.05, 4.69) is 61.8 Å². The van der Waals surface area contributed by atoms with Gasteiger partial charge < -0.3 is 5.32 Å². The standard InChI is InChI=1S/C25H29N3O3S.ClHO4/c1-17(2)23-14-20(19-8-6-5-7-9-19)15-24(18(3)4)28(23)16-25(29)27-21-10-12-22(13-11-21)32(26,30)31;2-1(3,4)5/h5-15,17-18H,16H2,1-4H3,(H2-,26,27,29,30,31);(H,2,3,4,5). The highest BCUT2D eigenvalue weighted by molar-refractivity contribution is 7.89. The van der Waals surface area contributed by atoms with Gasteiger partial charge in [0.15, 0.2) is 11.4 Å². The lowest BCUT2D eigenvalue weighted by atomic mass is 9.97. The zero-order valence-electron chi connectivity index (χ0n) is 20.9. The summed E-state index contributed by atoms with van der Waals surface area (Å²) in [5.41, 5.74) is 4.95. The average Bonchev–Trinajstić information content (AvgIpc) is 2.78. The summed E-state index contributed by atoms with van der Waals surface area (Å²) < 4.78 is 58.9. The van der Waals surface area contributed by atoms with Gasteiger partial charge >= 0.3 is 0 Å². The number of aromatic nitrogens is 1. The maximum absolute atomic E-state index is 12.9. The molecule has 0 unspecified atom stereocenters. The number of benzene rings is 2. The summed E-state index contributed by atoms with van der Waals surface area (Å²) in [7, 11) is -8.72. The van der Waals surface area contributed by atoms with Gasteiger partial charge in [-0.3, -0.25) is 4.79 Å². The van der Waals surface area contributed by atoms with Crippen LogP contribution in [0.3, 0.4) is 0 Å². The van der Waals surface area contributed by atoms with Crippen molar-refractivity contribution < 1.29 is 46.7 Å². The van der Waals surface area contributed by atoms with E-state index in [1.165, 1.54) is 24.3 Å². The Hall–Kier alpha value is -2.90. The van der Waals surface area contributed by atoms with E-state index in [-0.39, 0.29) is 29.2 Å². The van der Waals surface area contributed by atoms with Crippen LogP contribution in [0, 0.1) is 10.2 Å². The number of halogens is 1. The normalized spacial score (nSPS) is 11.8. The van der Waals surface area contributed by atoms with E-state index >= 15 is 0 Å². The van der Waals surface area contributed by atoms with Crippen molar-refractivity contribution in [2.24, 2.45) is 5.14 Å². The Morgan fingerprint density at radius 3 is 1.73 bits per heavy atom. The van der Waals surface area contributed by atoms with Crippen molar-refractivity contribution in [1.29, 1.82) is 0 Å². The number of hydrogen-bond acceptors (Lipinski definition) is 7. The highest BCUT2D eigenvalue weighted by atomic mass is 35.7. The number of carbonyl (C=O) groups is 1. The van der Waals surface area contributed by atoms with Crippen LogP contribution >= 0.6 is 0 Å². The molecule has 0 spiro atoms. The molecule has 12 heteroatoms. The second kappa shape index (κ2) is 12.6. The summed E-state index contributed by atoms with van der Waals surface area (Å²) in [5.74, 6) is 0.255. The highest BCUT2D eigenvalue weighted by Gasteiger charge is 2.26. The lowest BCUT2D eigenvalue weighted by Crippen LogP contribution is -2.68. The molecule has 0 fully saturated rings. The van der Waals surface area contributed by atoms with Crippen LogP contribution in [0.4, 0.5) is 5.69 Å². The largest absolute Gasteiger partial charge is 0.321 e. The Morgan fingerprint density at radius 2 is 1.32 bits per heavy atom. The van der Waals surface area contributed by atoms with E-state index in [1.54, 1.807) is 0 Å². The number of nitrogens with one attached hydrogen (secondary N) is 1. The molecule has 0 atom stereocenters. The first-order valence-electron chi connectivity index (χ1n) is 11.2. The van der Waals surface area contributed by atoms with Crippen LogP contribution in [0.15, 0.2) is 71.6 Å². The Kier molecular flexibility index (Phi) is 10.3. The summed E-state index contributed by atoms with van der Waals surface area (Å²) in [6.07, 6.45) is 0. The van der Waals surface area contributed by atoms with Gasteiger partial charge in [-0.15, -0.1) is 10.2 Å². The maximum atomic E-state index is 12.9. The molecule has 1 heterocycles. The van der Waals surface area contributed by atoms with Crippen molar-refractivity contribution in [3.8, 4) is 11.1 Å². The molecule has 200 valence electrons. The molecule has 3 rings (SSSR count). The molecule has 0 aliphatic rings. The fourth-order valence-electron chi connectivity index (χ4n) is 3.67. The number of nitrogens with zero attached hydrogens (tertiary/aromatic N) is 1. The summed E-state index contributed by atoms with van der Waals surface area (Å²) >= 11 is 0. The van der Waals surface area contributed by atoms with E-state index in [0.717, 1.165) is 22.5 Å². The van der Waals surface area contributed by atoms with E-state index in [1.807, 2.05) is 18.2 Å². The molecule has 10 nitrogen and oxygen atoms in total. The second-order valence-electron chi connectivity index (χ2n) is 8.85. The van der Waals surface area contributed by atoms with Gasteiger partial charge in [-0.25, -0.2) is 32.2 Å². The van der Waals surface area contributed by atoms with Crippen LogP contribution < -0.4 is 33.7 Å². The summed E-state index contributed by atoms with van der Waals surface area (Å²) in [5, 5.41) is 7.99. The summed E-state index contributed by atoms with van der Waals surface area (Å²) in [6.45, 7) is 8.64. The third kappa shape index (κ3) is 9.82. The smallest absolute Gasteiger partial charge is 0.290 e. The third-order valence-corrected chi connectivity index (χ3v) is 6.22. The van der Waals surface area contributed by atoms with Crippen molar-refractivity contribution in [1.82, 2.24) is 0 Å². The van der Waals surface area contributed by atoms with Gasteiger partial charge in [0, 0.05) is 29.7 Å². The first-order chi connectivity index (χ1) is 17.1. The van der Waals surface area contributed by atoms with E-state index in [9.17, 15) is 13.2 Å². The molecule has 1 aromatic heterocycles. The third-order valence-electron chi connectivity index (χ3n) is 5.29. The number of primary sulfonamides is 1. The highest BCUT2D eigenvalue weighted by Crippen LogP contribution is 2.26. The van der Waals surface area contributed by atoms with E-state index in [0.29, 0.717) is 5.69 Å². The molecule has 0 aliphatic carbocycles. The van der Waals surface area contributed by atoms with Crippen molar-refractivity contribution >= 4 is 21.6 Å². The predicted octanol–water partition coefficient (Wildman–Crippen LogP) is -0.582. The van der Waals surface area contributed by atoms with E-state index in [4.69, 9.17) is 23.8 Å². The minimum absolute atomic E-state index is 0.00515. The number of anilines is 1. The number of sulfonamides is 1. The van der Waals surface area contributed by atoms with Gasteiger partial charge in [0.25, 0.3) is 5.91 Å². The second-order valence-corrected chi connectivity index (χ2v) is 11.2. The van der Waals surface area contributed by atoms with Crippen molar-refractivity contribution in [2.45, 2.75) is 51.0 Å². The molecule has 0 saturated heterocycles. The molecule has 3 N–H and O–H groups in total. The predicted molar refractivity (Wildman–Crippen MR) is 127 cm³/mol. The lowest BCUT2D eigenvalue weighted by molar-refractivity contribution is -2.00. The fourth-order valence-corrected chi connectivity index (χ4v) is 4.19. The van der Waals surface area contributed by atoms with Crippen LogP contribution in [0.1, 0.15) is 50.9 Å². The van der Waals surface area contributed by atoms with Crippen LogP contribution in [-0.4, -0.2) is 14.3 Å². The maximum Gasteiger partial charge on any atom is 0.290 e. The minimum Gasteiger partial charge on any atom is -0.321 e. The number of pyridine rings is 1. The zero-order valence-corrected chi connectivity index (χ0v) is 22.5. The number of nitrogens with two attached hydrogens (primary N) is 1. The SMILES string of the molecule is CC(C)c1cc(-c2ccccc2)cc(C(C)C)[n+]1CC(=O)Nc1ccc(S(N)(=O)=O)cc1.[O-][Cl+3]([O-])([O-])[O-].